The Hall–Kier alpha value is -1.76. The van der Waals surface area contributed by atoms with Gasteiger partial charge in [0.1, 0.15) is 6.54 Å². The normalized spacial score (nSPS) is 11.5. The van der Waals surface area contributed by atoms with E-state index in [-0.39, 0.29) is 33.2 Å². The zero-order chi connectivity index (χ0) is 19.5. The molecule has 0 aromatic heterocycles. The van der Waals surface area contributed by atoms with Crippen molar-refractivity contribution in [2.45, 2.75) is 31.7 Å². The van der Waals surface area contributed by atoms with E-state index in [9.17, 15) is 13.2 Å². The summed E-state index contributed by atoms with van der Waals surface area (Å²) in [5.41, 5.74) is 1.15. The molecule has 140 valence electrons. The van der Waals surface area contributed by atoms with E-state index >= 15 is 0 Å². The van der Waals surface area contributed by atoms with Crippen LogP contribution in [0.3, 0.4) is 0 Å². The summed E-state index contributed by atoms with van der Waals surface area (Å²) < 4.78 is 27.3. The van der Waals surface area contributed by atoms with Crippen molar-refractivity contribution < 1.29 is 13.2 Å². The van der Waals surface area contributed by atoms with Crippen LogP contribution >= 0.6 is 23.2 Å². The molecular formula is C18H20Cl2N2O3S. The molecule has 0 aliphatic heterocycles. The Morgan fingerprint density at radius 2 is 1.62 bits per heavy atom. The van der Waals surface area contributed by atoms with Crippen molar-refractivity contribution in [2.75, 3.05) is 10.8 Å². The van der Waals surface area contributed by atoms with Crippen LogP contribution in [0.2, 0.25) is 10.0 Å². The maximum absolute atomic E-state index is 13.1. The summed E-state index contributed by atoms with van der Waals surface area (Å²) in [4.78, 5) is 12.3. The van der Waals surface area contributed by atoms with Gasteiger partial charge in [-0.1, -0.05) is 40.9 Å². The minimum absolute atomic E-state index is 0.0801. The van der Waals surface area contributed by atoms with Crippen LogP contribution in [0.25, 0.3) is 0 Å². The van der Waals surface area contributed by atoms with Gasteiger partial charge in [-0.05, 0) is 51.1 Å². The standard InChI is InChI=1S/C18H20Cl2N2O3S/c1-12(2)21-18(23)11-22(16-9-14(19)8-15(20)10-16)26(24,25)17-6-4-13(3)5-7-17/h4-10,12H,11H2,1-3H3,(H,21,23). The maximum Gasteiger partial charge on any atom is 0.264 e. The molecule has 2 aromatic carbocycles. The number of anilines is 1. The summed E-state index contributed by atoms with van der Waals surface area (Å²) >= 11 is 12.1. The number of benzene rings is 2. The van der Waals surface area contributed by atoms with Crippen molar-refractivity contribution in [3.63, 3.8) is 0 Å². The molecule has 0 spiro atoms. The molecule has 0 radical (unpaired) electrons. The lowest BCUT2D eigenvalue weighted by Crippen LogP contribution is -2.42. The highest BCUT2D eigenvalue weighted by Gasteiger charge is 2.27. The molecule has 0 heterocycles. The predicted molar refractivity (Wildman–Crippen MR) is 105 cm³/mol. The first-order valence-corrected chi connectivity index (χ1v) is 10.1. The molecule has 26 heavy (non-hydrogen) atoms. The zero-order valence-electron chi connectivity index (χ0n) is 14.7. The maximum atomic E-state index is 13.1. The Morgan fingerprint density at radius 1 is 1.08 bits per heavy atom. The molecule has 0 saturated carbocycles. The lowest BCUT2D eigenvalue weighted by atomic mass is 10.2. The highest BCUT2D eigenvalue weighted by molar-refractivity contribution is 7.92. The molecular weight excluding hydrogens is 395 g/mol. The Bertz CT molecular complexity index is 877. The molecule has 5 nitrogen and oxygen atoms in total. The van der Waals surface area contributed by atoms with Crippen LogP contribution in [-0.2, 0) is 14.8 Å². The Kier molecular flexibility index (Phi) is 6.55. The van der Waals surface area contributed by atoms with Gasteiger partial charge in [0, 0.05) is 16.1 Å². The zero-order valence-corrected chi connectivity index (χ0v) is 17.0. The molecule has 2 aromatic rings. The number of sulfonamides is 1. The van der Waals surface area contributed by atoms with Gasteiger partial charge in [-0.2, -0.15) is 0 Å². The molecule has 8 heteroatoms. The van der Waals surface area contributed by atoms with Gasteiger partial charge in [0.2, 0.25) is 5.91 Å². The van der Waals surface area contributed by atoms with Crippen molar-refractivity contribution in [3.05, 3.63) is 58.1 Å². The van der Waals surface area contributed by atoms with E-state index in [1.807, 2.05) is 6.92 Å². The summed E-state index contributed by atoms with van der Waals surface area (Å²) in [6.45, 7) is 5.08. The average Bonchev–Trinajstić information content (AvgIpc) is 2.51. The van der Waals surface area contributed by atoms with Gasteiger partial charge >= 0.3 is 0 Å². The molecule has 0 aliphatic rings. The van der Waals surface area contributed by atoms with Gasteiger partial charge < -0.3 is 5.32 Å². The van der Waals surface area contributed by atoms with Gasteiger partial charge in [0.05, 0.1) is 10.6 Å². The lowest BCUT2D eigenvalue weighted by molar-refractivity contribution is -0.120. The van der Waals surface area contributed by atoms with E-state index < -0.39 is 15.9 Å². The summed E-state index contributed by atoms with van der Waals surface area (Å²) in [6.07, 6.45) is 0. The van der Waals surface area contributed by atoms with E-state index in [0.29, 0.717) is 0 Å². The molecule has 1 amide bonds. The van der Waals surface area contributed by atoms with E-state index in [1.54, 1.807) is 26.0 Å². The fraction of sp³-hybridized carbons (Fsp3) is 0.278. The molecule has 0 aliphatic carbocycles. The first-order valence-electron chi connectivity index (χ1n) is 7.94. The molecule has 0 saturated heterocycles. The minimum Gasteiger partial charge on any atom is -0.352 e. The number of carbonyl (C=O) groups excluding carboxylic acids is 1. The molecule has 1 N–H and O–H groups in total. The first kappa shape index (κ1) is 20.6. The highest BCUT2D eigenvalue weighted by Crippen LogP contribution is 2.29. The number of nitrogens with zero attached hydrogens (tertiary/aromatic N) is 1. The number of aryl methyl sites for hydroxylation is 1. The van der Waals surface area contributed by atoms with E-state index in [0.717, 1.165) is 9.87 Å². The number of amides is 1. The summed E-state index contributed by atoms with van der Waals surface area (Å²) in [6, 6.07) is 10.7. The molecule has 0 atom stereocenters. The van der Waals surface area contributed by atoms with Gasteiger partial charge in [-0.25, -0.2) is 8.42 Å². The van der Waals surface area contributed by atoms with Crippen molar-refractivity contribution in [1.29, 1.82) is 0 Å². The van der Waals surface area contributed by atoms with Crippen molar-refractivity contribution in [2.24, 2.45) is 0 Å². The second-order valence-electron chi connectivity index (χ2n) is 6.17. The third-order valence-electron chi connectivity index (χ3n) is 3.48. The first-order chi connectivity index (χ1) is 12.1. The average molecular weight is 415 g/mol. The highest BCUT2D eigenvalue weighted by atomic mass is 35.5. The predicted octanol–water partition coefficient (Wildman–Crippen LogP) is 4.02. The second-order valence-corrected chi connectivity index (χ2v) is 8.91. The molecule has 0 fully saturated rings. The number of nitrogens with one attached hydrogen (secondary N) is 1. The number of hydrogen-bond acceptors (Lipinski definition) is 3. The third-order valence-corrected chi connectivity index (χ3v) is 5.71. The van der Waals surface area contributed by atoms with Crippen molar-refractivity contribution in [1.82, 2.24) is 5.32 Å². The number of carbonyl (C=O) groups is 1. The van der Waals surface area contributed by atoms with Crippen LogP contribution < -0.4 is 9.62 Å². The van der Waals surface area contributed by atoms with E-state index in [2.05, 4.69) is 5.32 Å². The van der Waals surface area contributed by atoms with Crippen LogP contribution in [-0.4, -0.2) is 26.9 Å². The molecule has 2 rings (SSSR count). The van der Waals surface area contributed by atoms with Crippen LogP contribution in [0, 0.1) is 6.92 Å². The van der Waals surface area contributed by atoms with Gasteiger partial charge in [0.25, 0.3) is 10.0 Å². The van der Waals surface area contributed by atoms with Crippen LogP contribution in [0.15, 0.2) is 47.4 Å². The molecule has 0 unspecified atom stereocenters. The van der Waals surface area contributed by atoms with Gasteiger partial charge in [-0.3, -0.25) is 9.10 Å². The second kappa shape index (κ2) is 8.29. The van der Waals surface area contributed by atoms with E-state index in [1.165, 1.54) is 30.3 Å². The van der Waals surface area contributed by atoms with Crippen molar-refractivity contribution >= 4 is 44.8 Å². The largest absolute Gasteiger partial charge is 0.352 e. The topological polar surface area (TPSA) is 66.5 Å². The Morgan fingerprint density at radius 3 is 2.12 bits per heavy atom. The summed E-state index contributed by atoms with van der Waals surface area (Å²) in [5.74, 6) is -0.424. The van der Waals surface area contributed by atoms with Crippen LogP contribution in [0.5, 0.6) is 0 Å². The number of halogens is 2. The van der Waals surface area contributed by atoms with Crippen molar-refractivity contribution in [3.8, 4) is 0 Å². The summed E-state index contributed by atoms with van der Waals surface area (Å²) in [5, 5.41) is 3.25. The van der Waals surface area contributed by atoms with Gasteiger partial charge in [-0.15, -0.1) is 0 Å². The fourth-order valence-corrected chi connectivity index (χ4v) is 4.25. The van der Waals surface area contributed by atoms with Crippen LogP contribution in [0.4, 0.5) is 5.69 Å². The Balaban J connectivity index is 2.51. The smallest absolute Gasteiger partial charge is 0.264 e. The lowest BCUT2D eigenvalue weighted by Gasteiger charge is -2.25. The SMILES string of the molecule is Cc1ccc(S(=O)(=O)N(CC(=O)NC(C)C)c2cc(Cl)cc(Cl)c2)cc1. The van der Waals surface area contributed by atoms with Gasteiger partial charge in [0.15, 0.2) is 0 Å². The fourth-order valence-electron chi connectivity index (χ4n) is 2.33. The minimum atomic E-state index is -3.98. The summed E-state index contributed by atoms with van der Waals surface area (Å²) in [7, 11) is -3.98. The number of hydrogen-bond donors (Lipinski definition) is 1. The monoisotopic (exact) mass is 414 g/mol. The molecule has 0 bridgehead atoms. The van der Waals surface area contributed by atoms with E-state index in [4.69, 9.17) is 23.2 Å². The quantitative estimate of drug-likeness (QED) is 0.775. The Labute approximate surface area is 164 Å². The third kappa shape index (κ3) is 5.13. The number of rotatable bonds is 6. The van der Waals surface area contributed by atoms with Crippen LogP contribution in [0.1, 0.15) is 19.4 Å².